The van der Waals surface area contributed by atoms with E-state index in [9.17, 15) is 18.0 Å². The van der Waals surface area contributed by atoms with Crippen LogP contribution in [-0.4, -0.2) is 23.8 Å². The van der Waals surface area contributed by atoms with E-state index in [0.29, 0.717) is 11.1 Å². The minimum absolute atomic E-state index is 0.274. The zero-order valence-corrected chi connectivity index (χ0v) is 10.1. The molecule has 1 aromatic carbocycles. The highest BCUT2D eigenvalue weighted by Gasteiger charge is 2.31. The van der Waals surface area contributed by atoms with Gasteiger partial charge < -0.3 is 10.4 Å². The number of anilines is 1. The lowest BCUT2D eigenvalue weighted by Gasteiger charge is -2.09. The Kier molecular flexibility index (Phi) is 4.95. The van der Waals surface area contributed by atoms with Crippen molar-refractivity contribution in [2.24, 2.45) is 0 Å². The number of halogens is 3. The van der Waals surface area contributed by atoms with E-state index in [-0.39, 0.29) is 12.3 Å². The van der Waals surface area contributed by atoms with Crippen LogP contribution >= 0.6 is 0 Å². The lowest BCUT2D eigenvalue weighted by Crippen LogP contribution is -2.21. The molecule has 0 bridgehead atoms. The van der Waals surface area contributed by atoms with Gasteiger partial charge in [0.05, 0.1) is 0 Å². The van der Waals surface area contributed by atoms with E-state index in [0.717, 1.165) is 0 Å². The van der Waals surface area contributed by atoms with Gasteiger partial charge in [0.1, 0.15) is 13.0 Å². The van der Waals surface area contributed by atoms with Crippen molar-refractivity contribution >= 4 is 11.6 Å². The van der Waals surface area contributed by atoms with E-state index < -0.39 is 18.5 Å². The van der Waals surface area contributed by atoms with Crippen LogP contribution in [0.15, 0.2) is 18.2 Å². The molecule has 0 radical (unpaired) electrons. The van der Waals surface area contributed by atoms with Crippen LogP contribution in [0.5, 0.6) is 0 Å². The van der Waals surface area contributed by atoms with Gasteiger partial charge in [-0.2, -0.15) is 13.2 Å². The quantitative estimate of drug-likeness (QED) is 0.810. The Bertz CT molecular complexity index is 527. The molecule has 2 N–H and O–H groups in total. The molecule has 0 aliphatic rings. The number of aliphatic hydroxyl groups excluding tert-OH is 1. The minimum Gasteiger partial charge on any atom is -0.384 e. The van der Waals surface area contributed by atoms with Crippen molar-refractivity contribution in [3.63, 3.8) is 0 Å². The summed E-state index contributed by atoms with van der Waals surface area (Å²) in [7, 11) is 0. The largest absolute Gasteiger partial charge is 0.397 e. The van der Waals surface area contributed by atoms with Crippen LogP contribution in [0.25, 0.3) is 0 Å². The number of benzene rings is 1. The van der Waals surface area contributed by atoms with Gasteiger partial charge in [-0.3, -0.25) is 4.79 Å². The normalized spacial score (nSPS) is 10.6. The first-order chi connectivity index (χ1) is 8.81. The Morgan fingerprint density at radius 2 is 2.11 bits per heavy atom. The molecule has 102 valence electrons. The smallest absolute Gasteiger partial charge is 0.384 e. The second-order valence-electron chi connectivity index (χ2n) is 3.83. The fourth-order valence-corrected chi connectivity index (χ4v) is 1.40. The van der Waals surface area contributed by atoms with Crippen LogP contribution in [-0.2, 0) is 4.79 Å². The Balaban J connectivity index is 2.76. The molecule has 1 rings (SSSR count). The van der Waals surface area contributed by atoms with E-state index in [4.69, 9.17) is 5.11 Å². The van der Waals surface area contributed by atoms with Crippen molar-refractivity contribution in [1.29, 1.82) is 0 Å². The third kappa shape index (κ3) is 5.44. The number of aliphatic hydroxyl groups is 1. The molecule has 0 fully saturated rings. The predicted molar refractivity (Wildman–Crippen MR) is 64.4 cm³/mol. The Morgan fingerprint density at radius 1 is 1.42 bits per heavy atom. The van der Waals surface area contributed by atoms with Crippen molar-refractivity contribution in [3.05, 3.63) is 29.3 Å². The highest BCUT2D eigenvalue weighted by Crippen LogP contribution is 2.21. The van der Waals surface area contributed by atoms with Crippen molar-refractivity contribution in [2.45, 2.75) is 19.5 Å². The predicted octanol–water partition coefficient (Wildman–Crippen LogP) is 2.23. The number of rotatable bonds is 2. The molecule has 6 heteroatoms. The van der Waals surface area contributed by atoms with Gasteiger partial charge in [-0.15, -0.1) is 0 Å². The van der Waals surface area contributed by atoms with Crippen molar-refractivity contribution in [3.8, 4) is 11.8 Å². The summed E-state index contributed by atoms with van der Waals surface area (Å²) in [5, 5.41) is 10.7. The van der Waals surface area contributed by atoms with Gasteiger partial charge >= 0.3 is 6.18 Å². The SMILES string of the molecule is Cc1cc(NC(=O)CC(F)(F)F)ccc1C#CCO. The average molecular weight is 271 g/mol. The van der Waals surface area contributed by atoms with Crippen molar-refractivity contribution < 1.29 is 23.1 Å². The van der Waals surface area contributed by atoms with Crippen LogP contribution in [0.1, 0.15) is 17.5 Å². The number of carbonyl (C=O) groups excluding carboxylic acids is 1. The van der Waals surface area contributed by atoms with Crippen molar-refractivity contribution in [1.82, 2.24) is 0 Å². The molecule has 3 nitrogen and oxygen atoms in total. The summed E-state index contributed by atoms with van der Waals surface area (Å²) in [6.45, 7) is 1.43. The van der Waals surface area contributed by atoms with E-state index in [1.54, 1.807) is 13.0 Å². The summed E-state index contributed by atoms with van der Waals surface area (Å²) >= 11 is 0. The maximum absolute atomic E-state index is 12.0. The van der Waals surface area contributed by atoms with Gasteiger partial charge in [0.15, 0.2) is 0 Å². The average Bonchev–Trinajstić information content (AvgIpc) is 2.25. The molecule has 0 aromatic heterocycles. The Labute approximate surface area is 108 Å². The van der Waals surface area contributed by atoms with Crippen LogP contribution in [0.2, 0.25) is 0 Å². The molecule has 1 amide bonds. The fraction of sp³-hybridized carbons (Fsp3) is 0.308. The number of nitrogens with one attached hydrogen (secondary N) is 1. The number of alkyl halides is 3. The van der Waals surface area contributed by atoms with Crippen LogP contribution in [0, 0.1) is 18.8 Å². The second kappa shape index (κ2) is 6.25. The molecular formula is C13H12F3NO2. The van der Waals surface area contributed by atoms with Gasteiger partial charge in [0, 0.05) is 11.3 Å². The molecule has 0 heterocycles. The summed E-state index contributed by atoms with van der Waals surface area (Å²) in [4.78, 5) is 11.1. The van der Waals surface area contributed by atoms with E-state index in [1.165, 1.54) is 12.1 Å². The van der Waals surface area contributed by atoms with Gasteiger partial charge in [0.25, 0.3) is 0 Å². The summed E-state index contributed by atoms with van der Waals surface area (Å²) < 4.78 is 36.0. The molecule has 0 aliphatic carbocycles. The zero-order valence-electron chi connectivity index (χ0n) is 10.1. The minimum atomic E-state index is -4.52. The standard InChI is InChI=1S/C13H12F3NO2/c1-9-7-11(5-4-10(9)3-2-6-18)17-12(19)8-13(14,15)16/h4-5,7,18H,6,8H2,1H3,(H,17,19). The third-order valence-electron chi connectivity index (χ3n) is 2.17. The van der Waals surface area contributed by atoms with E-state index in [1.807, 2.05) is 0 Å². The molecule has 0 unspecified atom stereocenters. The first-order valence-corrected chi connectivity index (χ1v) is 5.39. The maximum atomic E-state index is 12.0. The Morgan fingerprint density at radius 3 is 2.63 bits per heavy atom. The first-order valence-electron chi connectivity index (χ1n) is 5.39. The van der Waals surface area contributed by atoms with Crippen molar-refractivity contribution in [2.75, 3.05) is 11.9 Å². The number of hydrogen-bond donors (Lipinski definition) is 2. The molecule has 0 spiro atoms. The van der Waals surface area contributed by atoms with Gasteiger partial charge in [-0.05, 0) is 30.7 Å². The summed E-state index contributed by atoms with van der Waals surface area (Å²) in [6.07, 6.45) is -6.04. The number of amides is 1. The maximum Gasteiger partial charge on any atom is 0.397 e. The molecule has 0 saturated carbocycles. The molecule has 19 heavy (non-hydrogen) atoms. The lowest BCUT2D eigenvalue weighted by atomic mass is 10.1. The number of aryl methyl sites for hydroxylation is 1. The van der Waals surface area contributed by atoms with Gasteiger partial charge in [0.2, 0.25) is 5.91 Å². The first kappa shape index (κ1) is 15.1. The molecule has 0 saturated heterocycles. The van der Waals surface area contributed by atoms with Crippen LogP contribution < -0.4 is 5.32 Å². The third-order valence-corrected chi connectivity index (χ3v) is 2.17. The monoisotopic (exact) mass is 271 g/mol. The van der Waals surface area contributed by atoms with E-state index >= 15 is 0 Å². The molecule has 1 aromatic rings. The summed E-state index contributed by atoms with van der Waals surface area (Å²) in [6, 6.07) is 4.56. The molecular weight excluding hydrogens is 259 g/mol. The van der Waals surface area contributed by atoms with Crippen LogP contribution in [0.3, 0.4) is 0 Å². The summed E-state index contributed by atoms with van der Waals surface area (Å²) in [5.41, 5.74) is 1.62. The Hall–Kier alpha value is -2.00. The zero-order chi connectivity index (χ0) is 14.5. The highest BCUT2D eigenvalue weighted by atomic mass is 19.4. The number of hydrogen-bond acceptors (Lipinski definition) is 2. The number of carbonyl (C=O) groups is 1. The lowest BCUT2D eigenvalue weighted by molar-refractivity contribution is -0.150. The van der Waals surface area contributed by atoms with Gasteiger partial charge in [-0.25, -0.2) is 0 Å². The van der Waals surface area contributed by atoms with Crippen LogP contribution in [0.4, 0.5) is 18.9 Å². The second-order valence-corrected chi connectivity index (χ2v) is 3.83. The fourth-order valence-electron chi connectivity index (χ4n) is 1.40. The van der Waals surface area contributed by atoms with E-state index in [2.05, 4.69) is 17.2 Å². The summed E-state index contributed by atoms with van der Waals surface area (Å²) in [5.74, 6) is 4.04. The molecule has 0 aliphatic heterocycles. The molecule has 0 atom stereocenters. The highest BCUT2D eigenvalue weighted by molar-refractivity contribution is 5.91. The van der Waals surface area contributed by atoms with Gasteiger partial charge in [-0.1, -0.05) is 11.8 Å². The topological polar surface area (TPSA) is 49.3 Å².